The minimum absolute atomic E-state index is 1.04. The largest absolute Gasteiger partial charge is 0.299 e. The third kappa shape index (κ3) is 2.92. The molecule has 0 N–H and O–H groups in total. The molecule has 1 aliphatic rings. The topological polar surface area (TPSA) is 16.1 Å². The maximum atomic E-state index is 4.39. The first-order valence-electron chi connectivity index (χ1n) is 7.96. The zero-order valence-corrected chi connectivity index (χ0v) is 13.4. The molecule has 1 aliphatic heterocycles. The zero-order chi connectivity index (χ0) is 14.8. The van der Waals surface area contributed by atoms with Crippen LogP contribution in [0.1, 0.15) is 24.8 Å². The minimum atomic E-state index is 1.04. The van der Waals surface area contributed by atoms with Crippen molar-refractivity contribution in [3.8, 4) is 10.4 Å². The molecule has 0 amide bonds. The maximum absolute atomic E-state index is 4.39. The Kier molecular flexibility index (Phi) is 3.92. The van der Waals surface area contributed by atoms with Gasteiger partial charge in [0.1, 0.15) is 0 Å². The van der Waals surface area contributed by atoms with Gasteiger partial charge in [0.2, 0.25) is 0 Å². The number of fused-ring (bicyclic) bond motifs is 1. The number of aromatic nitrogens is 1. The first kappa shape index (κ1) is 13.9. The van der Waals surface area contributed by atoms with E-state index in [0.717, 1.165) is 16.8 Å². The summed E-state index contributed by atoms with van der Waals surface area (Å²) in [7, 11) is 0. The highest BCUT2D eigenvalue weighted by Crippen LogP contribution is 2.32. The van der Waals surface area contributed by atoms with Gasteiger partial charge < -0.3 is 0 Å². The van der Waals surface area contributed by atoms with Gasteiger partial charge >= 0.3 is 0 Å². The Morgan fingerprint density at radius 1 is 1.09 bits per heavy atom. The predicted octanol–water partition coefficient (Wildman–Crippen LogP) is 4.75. The lowest BCUT2D eigenvalue weighted by molar-refractivity contribution is 0.221. The van der Waals surface area contributed by atoms with Crippen molar-refractivity contribution in [2.45, 2.75) is 25.8 Å². The number of thiophene rings is 1. The molecule has 4 rings (SSSR count). The van der Waals surface area contributed by atoms with E-state index in [2.05, 4.69) is 46.3 Å². The summed E-state index contributed by atoms with van der Waals surface area (Å²) >= 11 is 1.76. The van der Waals surface area contributed by atoms with E-state index in [1.54, 1.807) is 17.5 Å². The summed E-state index contributed by atoms with van der Waals surface area (Å²) in [6.45, 7) is 3.58. The molecule has 0 bridgehead atoms. The Morgan fingerprint density at radius 2 is 1.91 bits per heavy atom. The number of rotatable bonds is 3. The quantitative estimate of drug-likeness (QED) is 0.694. The van der Waals surface area contributed by atoms with Crippen LogP contribution in [0.15, 0.2) is 42.6 Å². The van der Waals surface area contributed by atoms with Gasteiger partial charge in [0, 0.05) is 23.7 Å². The molecule has 0 aliphatic carbocycles. The normalized spacial score (nSPS) is 16.2. The van der Waals surface area contributed by atoms with Crippen molar-refractivity contribution in [3.05, 3.63) is 54.2 Å². The smallest absolute Gasteiger partial charge is 0.0822 e. The number of pyridine rings is 1. The molecule has 0 atom stereocenters. The van der Waals surface area contributed by atoms with Crippen LogP contribution in [0.5, 0.6) is 0 Å². The molecule has 1 aromatic carbocycles. The van der Waals surface area contributed by atoms with Crippen LogP contribution in [-0.2, 0) is 6.54 Å². The Hall–Kier alpha value is -1.71. The van der Waals surface area contributed by atoms with Gasteiger partial charge in [-0.05, 0) is 49.2 Å². The SMILES string of the molecule is [c]1ccnc2cc(-c3ccc(CN4CCCCC4)cc3)sc12. The van der Waals surface area contributed by atoms with Gasteiger partial charge in [-0.25, -0.2) is 0 Å². The molecule has 1 fully saturated rings. The third-order valence-electron chi connectivity index (χ3n) is 4.31. The average molecular weight is 307 g/mol. The number of benzene rings is 1. The van der Waals surface area contributed by atoms with Crippen LogP contribution >= 0.6 is 11.3 Å². The third-order valence-corrected chi connectivity index (χ3v) is 5.41. The molecule has 2 aromatic heterocycles. The number of hydrogen-bond donors (Lipinski definition) is 0. The fourth-order valence-corrected chi connectivity index (χ4v) is 4.09. The van der Waals surface area contributed by atoms with Crippen molar-refractivity contribution in [2.24, 2.45) is 0 Å². The summed E-state index contributed by atoms with van der Waals surface area (Å²) in [5.41, 5.74) is 3.73. The standard InChI is InChI=1S/C19H19N2S/c1-2-11-21(12-3-1)14-15-6-8-16(9-7-15)19-13-17-18(22-19)5-4-10-20-17/h4,6-10,13H,1-3,11-12,14H2. The van der Waals surface area contributed by atoms with Crippen LogP contribution < -0.4 is 0 Å². The molecule has 0 unspecified atom stereocenters. The lowest BCUT2D eigenvalue weighted by Crippen LogP contribution is -2.28. The Bertz CT molecular complexity index is 721. The van der Waals surface area contributed by atoms with E-state index in [-0.39, 0.29) is 0 Å². The van der Waals surface area contributed by atoms with E-state index in [1.807, 2.05) is 6.07 Å². The van der Waals surface area contributed by atoms with Crippen LogP contribution in [0.4, 0.5) is 0 Å². The van der Waals surface area contributed by atoms with Gasteiger partial charge in [-0.3, -0.25) is 9.88 Å². The van der Waals surface area contributed by atoms with E-state index in [4.69, 9.17) is 0 Å². The molecule has 0 spiro atoms. The summed E-state index contributed by atoms with van der Waals surface area (Å²) in [5, 5.41) is 0. The van der Waals surface area contributed by atoms with Gasteiger partial charge in [-0.15, -0.1) is 11.3 Å². The number of nitrogens with zero attached hydrogens (tertiary/aromatic N) is 2. The second kappa shape index (κ2) is 6.19. The Balaban J connectivity index is 1.53. The van der Waals surface area contributed by atoms with Gasteiger partial charge in [0.05, 0.1) is 10.2 Å². The van der Waals surface area contributed by atoms with Crippen molar-refractivity contribution in [2.75, 3.05) is 13.1 Å². The Labute approximate surface area is 135 Å². The number of hydrogen-bond acceptors (Lipinski definition) is 3. The molecule has 3 aromatic rings. The van der Waals surface area contributed by atoms with E-state index in [0.29, 0.717) is 0 Å². The summed E-state index contributed by atoms with van der Waals surface area (Å²) in [6.07, 6.45) is 5.90. The lowest BCUT2D eigenvalue weighted by atomic mass is 10.1. The average Bonchev–Trinajstić information content (AvgIpc) is 3.00. The van der Waals surface area contributed by atoms with Crippen molar-refractivity contribution in [1.82, 2.24) is 9.88 Å². The molecular weight excluding hydrogens is 288 g/mol. The first-order chi connectivity index (χ1) is 10.9. The van der Waals surface area contributed by atoms with Gasteiger partial charge in [0.15, 0.2) is 0 Å². The molecule has 3 heterocycles. The molecule has 0 saturated carbocycles. The van der Waals surface area contributed by atoms with Gasteiger partial charge in [-0.2, -0.15) is 0 Å². The highest BCUT2D eigenvalue weighted by atomic mass is 32.1. The lowest BCUT2D eigenvalue weighted by Gasteiger charge is -2.26. The molecule has 1 radical (unpaired) electrons. The Morgan fingerprint density at radius 3 is 2.68 bits per heavy atom. The highest BCUT2D eigenvalue weighted by molar-refractivity contribution is 7.22. The van der Waals surface area contributed by atoms with Crippen LogP contribution in [0.25, 0.3) is 20.7 Å². The molecule has 2 nitrogen and oxygen atoms in total. The highest BCUT2D eigenvalue weighted by Gasteiger charge is 2.10. The van der Waals surface area contributed by atoms with E-state index >= 15 is 0 Å². The van der Waals surface area contributed by atoms with Gasteiger partial charge in [-0.1, -0.05) is 30.7 Å². The maximum Gasteiger partial charge on any atom is 0.0822 e. The second-order valence-electron chi connectivity index (χ2n) is 5.95. The molecule has 22 heavy (non-hydrogen) atoms. The second-order valence-corrected chi connectivity index (χ2v) is 7.00. The molecule has 1 saturated heterocycles. The molecule has 111 valence electrons. The van der Waals surface area contributed by atoms with E-state index in [9.17, 15) is 0 Å². The predicted molar refractivity (Wildman–Crippen MR) is 93.0 cm³/mol. The summed E-state index contributed by atoms with van der Waals surface area (Å²) in [5.74, 6) is 0. The van der Waals surface area contributed by atoms with E-state index < -0.39 is 0 Å². The fraction of sp³-hybridized carbons (Fsp3) is 0.316. The number of likely N-dealkylation sites (tertiary alicyclic amines) is 1. The van der Waals surface area contributed by atoms with Crippen molar-refractivity contribution >= 4 is 21.6 Å². The van der Waals surface area contributed by atoms with Crippen molar-refractivity contribution < 1.29 is 0 Å². The van der Waals surface area contributed by atoms with Crippen LogP contribution in [-0.4, -0.2) is 23.0 Å². The summed E-state index contributed by atoms with van der Waals surface area (Å²) < 4.78 is 1.13. The van der Waals surface area contributed by atoms with Gasteiger partial charge in [0.25, 0.3) is 0 Å². The summed E-state index contributed by atoms with van der Waals surface area (Å²) in [4.78, 5) is 8.23. The van der Waals surface area contributed by atoms with Crippen LogP contribution in [0.2, 0.25) is 0 Å². The van der Waals surface area contributed by atoms with Crippen LogP contribution in [0, 0.1) is 6.07 Å². The monoisotopic (exact) mass is 307 g/mol. The number of piperidine rings is 1. The minimum Gasteiger partial charge on any atom is -0.299 e. The fourth-order valence-electron chi connectivity index (χ4n) is 3.10. The summed E-state index contributed by atoms with van der Waals surface area (Å²) in [6, 6.07) is 16.3. The molecular formula is C19H19N2S. The molecule has 3 heteroatoms. The van der Waals surface area contributed by atoms with Crippen molar-refractivity contribution in [1.29, 1.82) is 0 Å². The van der Waals surface area contributed by atoms with Crippen LogP contribution in [0.3, 0.4) is 0 Å². The van der Waals surface area contributed by atoms with Crippen molar-refractivity contribution in [3.63, 3.8) is 0 Å². The first-order valence-corrected chi connectivity index (χ1v) is 8.78. The van der Waals surface area contributed by atoms with E-state index in [1.165, 1.54) is 48.4 Å². The zero-order valence-electron chi connectivity index (χ0n) is 12.6.